The van der Waals surface area contributed by atoms with Crippen LogP contribution in [-0.2, 0) is 0 Å². The molecular weight excluding hydrogens is 406 g/mol. The first-order valence-corrected chi connectivity index (χ1v) is 10.00. The Morgan fingerprint density at radius 3 is 2.69 bits per heavy atom. The predicted molar refractivity (Wildman–Crippen MR) is 122 cm³/mol. The smallest absolute Gasteiger partial charge is 0.349 e. The number of methoxy groups -OCH3 is 1. The fourth-order valence-electron chi connectivity index (χ4n) is 3.58. The van der Waals surface area contributed by atoms with Crippen LogP contribution in [0.1, 0.15) is 15.9 Å². The van der Waals surface area contributed by atoms with E-state index in [-0.39, 0.29) is 5.56 Å². The third-order valence-corrected chi connectivity index (χ3v) is 5.24. The van der Waals surface area contributed by atoms with E-state index in [1.165, 1.54) is 13.2 Å². The molecule has 0 bridgehead atoms. The Kier molecular flexibility index (Phi) is 4.71. The van der Waals surface area contributed by atoms with Crippen molar-refractivity contribution in [2.24, 2.45) is 0 Å². The molecule has 0 radical (unpaired) electrons. The van der Waals surface area contributed by atoms with Crippen molar-refractivity contribution >= 4 is 28.2 Å². The van der Waals surface area contributed by atoms with Crippen LogP contribution in [0.4, 0.5) is 5.69 Å². The lowest BCUT2D eigenvalue weighted by Crippen LogP contribution is -2.20. The van der Waals surface area contributed by atoms with E-state index in [0.717, 1.165) is 22.5 Å². The SMILES string of the molecule is COc1cccc2cc(C(=O)Nc3ccc(-c4cn5ccc(C)cc5n4)cc3)c(=O)oc12. The summed E-state index contributed by atoms with van der Waals surface area (Å²) in [5, 5.41) is 3.35. The lowest BCUT2D eigenvalue weighted by molar-refractivity contribution is 0.102. The number of pyridine rings is 1. The molecule has 0 saturated heterocycles. The third kappa shape index (κ3) is 3.50. The van der Waals surface area contributed by atoms with Crippen molar-refractivity contribution in [2.45, 2.75) is 6.92 Å². The molecule has 158 valence electrons. The number of hydrogen-bond donors (Lipinski definition) is 1. The van der Waals surface area contributed by atoms with Gasteiger partial charge in [0.05, 0.1) is 12.8 Å². The number of rotatable bonds is 4. The van der Waals surface area contributed by atoms with Crippen molar-refractivity contribution in [3.8, 4) is 17.0 Å². The Morgan fingerprint density at radius 1 is 1.09 bits per heavy atom. The summed E-state index contributed by atoms with van der Waals surface area (Å²) in [5.74, 6) is -0.108. The number of carbonyl (C=O) groups excluding carboxylic acids is 1. The number of ether oxygens (including phenoxy) is 1. The maximum absolute atomic E-state index is 12.7. The number of amides is 1. The van der Waals surface area contributed by atoms with E-state index in [9.17, 15) is 9.59 Å². The van der Waals surface area contributed by atoms with Gasteiger partial charge in [0.1, 0.15) is 11.2 Å². The molecule has 0 atom stereocenters. The van der Waals surface area contributed by atoms with E-state index in [1.54, 1.807) is 30.3 Å². The second-order valence-corrected chi connectivity index (χ2v) is 7.45. The zero-order valence-corrected chi connectivity index (χ0v) is 17.5. The Hall–Kier alpha value is -4.39. The molecule has 32 heavy (non-hydrogen) atoms. The van der Waals surface area contributed by atoms with E-state index in [4.69, 9.17) is 9.15 Å². The Balaban J connectivity index is 1.40. The highest BCUT2D eigenvalue weighted by atomic mass is 16.5. The number of anilines is 1. The van der Waals surface area contributed by atoms with Crippen LogP contribution in [0, 0.1) is 6.92 Å². The van der Waals surface area contributed by atoms with Gasteiger partial charge in [-0.05, 0) is 48.9 Å². The van der Waals surface area contributed by atoms with Crippen molar-refractivity contribution in [3.63, 3.8) is 0 Å². The molecule has 7 heteroatoms. The van der Waals surface area contributed by atoms with E-state index in [2.05, 4.69) is 10.3 Å². The summed E-state index contributed by atoms with van der Waals surface area (Å²) in [5.41, 5.74) is 3.83. The topological polar surface area (TPSA) is 85.8 Å². The number of nitrogens with zero attached hydrogens (tertiary/aromatic N) is 2. The van der Waals surface area contributed by atoms with Gasteiger partial charge >= 0.3 is 5.63 Å². The molecular formula is C25H19N3O4. The summed E-state index contributed by atoms with van der Waals surface area (Å²) < 4.78 is 12.5. The lowest BCUT2D eigenvalue weighted by atomic mass is 10.1. The first-order valence-electron chi connectivity index (χ1n) is 10.00. The minimum absolute atomic E-state index is 0.0782. The molecule has 0 saturated carbocycles. The highest BCUT2D eigenvalue weighted by molar-refractivity contribution is 6.05. The summed E-state index contributed by atoms with van der Waals surface area (Å²) in [7, 11) is 1.49. The molecule has 0 aliphatic heterocycles. The van der Waals surface area contributed by atoms with Gasteiger partial charge in [0, 0.05) is 29.0 Å². The van der Waals surface area contributed by atoms with Crippen LogP contribution in [-0.4, -0.2) is 22.4 Å². The molecule has 0 aliphatic rings. The number of carbonyl (C=O) groups is 1. The van der Waals surface area contributed by atoms with Gasteiger partial charge in [-0.25, -0.2) is 9.78 Å². The van der Waals surface area contributed by atoms with Crippen LogP contribution in [0.5, 0.6) is 5.75 Å². The molecule has 0 fully saturated rings. The largest absolute Gasteiger partial charge is 0.493 e. The summed E-state index contributed by atoms with van der Waals surface area (Å²) in [4.78, 5) is 29.8. The fourth-order valence-corrected chi connectivity index (χ4v) is 3.58. The second-order valence-electron chi connectivity index (χ2n) is 7.45. The maximum atomic E-state index is 12.7. The monoisotopic (exact) mass is 425 g/mol. The molecule has 5 rings (SSSR count). The number of nitrogens with one attached hydrogen (secondary N) is 1. The van der Waals surface area contributed by atoms with Crippen LogP contribution in [0.25, 0.3) is 27.9 Å². The van der Waals surface area contributed by atoms with Gasteiger partial charge in [0.25, 0.3) is 5.91 Å². The van der Waals surface area contributed by atoms with Crippen molar-refractivity contribution in [1.82, 2.24) is 9.38 Å². The average molecular weight is 425 g/mol. The van der Waals surface area contributed by atoms with E-state index in [1.807, 2.05) is 48.0 Å². The minimum Gasteiger partial charge on any atom is -0.493 e. The molecule has 1 amide bonds. The van der Waals surface area contributed by atoms with Gasteiger partial charge in [-0.3, -0.25) is 4.79 Å². The van der Waals surface area contributed by atoms with Gasteiger partial charge in [-0.2, -0.15) is 0 Å². The number of fused-ring (bicyclic) bond motifs is 2. The average Bonchev–Trinajstić information content (AvgIpc) is 3.22. The molecule has 7 nitrogen and oxygen atoms in total. The summed E-state index contributed by atoms with van der Waals surface area (Å²) in [6.45, 7) is 2.03. The zero-order valence-electron chi connectivity index (χ0n) is 17.5. The van der Waals surface area contributed by atoms with Crippen molar-refractivity contribution in [2.75, 3.05) is 12.4 Å². The fraction of sp³-hybridized carbons (Fsp3) is 0.0800. The number of aryl methyl sites for hydroxylation is 1. The number of aromatic nitrogens is 2. The van der Waals surface area contributed by atoms with Crippen molar-refractivity contribution in [3.05, 3.63) is 94.6 Å². The molecule has 5 aromatic rings. The van der Waals surface area contributed by atoms with E-state index in [0.29, 0.717) is 22.4 Å². The molecule has 0 aliphatic carbocycles. The Labute approximate surface area is 182 Å². The van der Waals surface area contributed by atoms with E-state index < -0.39 is 11.5 Å². The van der Waals surface area contributed by atoms with Gasteiger partial charge in [0.2, 0.25) is 0 Å². The first kappa shape index (κ1) is 19.6. The van der Waals surface area contributed by atoms with Crippen molar-refractivity contribution < 1.29 is 13.9 Å². The van der Waals surface area contributed by atoms with Gasteiger partial charge in [-0.15, -0.1) is 0 Å². The standard InChI is InChI=1S/C25H19N3O4/c1-15-10-11-28-14-20(27-22(28)12-15)16-6-8-18(9-7-16)26-24(29)19-13-17-4-3-5-21(31-2)23(17)32-25(19)30/h3-14H,1-2H3,(H,26,29). The number of hydrogen-bond acceptors (Lipinski definition) is 5. The molecule has 2 aromatic carbocycles. The summed E-state index contributed by atoms with van der Waals surface area (Å²) >= 11 is 0. The highest BCUT2D eigenvalue weighted by Crippen LogP contribution is 2.25. The minimum atomic E-state index is -0.726. The molecule has 1 N–H and O–H groups in total. The van der Waals surface area contributed by atoms with Gasteiger partial charge in [-0.1, -0.05) is 24.3 Å². The van der Waals surface area contributed by atoms with Gasteiger partial charge in [0.15, 0.2) is 11.3 Å². The second kappa shape index (κ2) is 7.70. The molecule has 0 spiro atoms. The Bertz CT molecular complexity index is 1530. The first-order chi connectivity index (χ1) is 15.5. The lowest BCUT2D eigenvalue weighted by Gasteiger charge is -2.07. The van der Waals surface area contributed by atoms with Gasteiger partial charge < -0.3 is 18.9 Å². The highest BCUT2D eigenvalue weighted by Gasteiger charge is 2.16. The van der Waals surface area contributed by atoms with Crippen LogP contribution < -0.4 is 15.7 Å². The van der Waals surface area contributed by atoms with Crippen LogP contribution in [0.3, 0.4) is 0 Å². The van der Waals surface area contributed by atoms with Crippen LogP contribution in [0.2, 0.25) is 0 Å². The third-order valence-electron chi connectivity index (χ3n) is 5.24. The number of para-hydroxylation sites is 1. The quantitative estimate of drug-likeness (QED) is 0.423. The van der Waals surface area contributed by atoms with Crippen LogP contribution >= 0.6 is 0 Å². The van der Waals surface area contributed by atoms with Crippen molar-refractivity contribution in [1.29, 1.82) is 0 Å². The molecule has 0 unspecified atom stereocenters. The Morgan fingerprint density at radius 2 is 1.91 bits per heavy atom. The number of benzene rings is 2. The molecule has 3 heterocycles. The summed E-state index contributed by atoms with van der Waals surface area (Å²) in [6, 6.07) is 18.0. The summed E-state index contributed by atoms with van der Waals surface area (Å²) in [6.07, 6.45) is 3.93. The number of imidazole rings is 1. The molecule has 3 aromatic heterocycles. The van der Waals surface area contributed by atoms with E-state index >= 15 is 0 Å². The predicted octanol–water partition coefficient (Wildman–Crippen LogP) is 4.68. The maximum Gasteiger partial charge on any atom is 0.349 e. The zero-order chi connectivity index (χ0) is 22.2. The van der Waals surface area contributed by atoms with Crippen LogP contribution in [0.15, 0.2) is 82.3 Å². The normalized spacial score (nSPS) is 11.1.